The van der Waals surface area contributed by atoms with Gasteiger partial charge in [-0.25, -0.2) is 0 Å². The Labute approximate surface area is 178 Å². The van der Waals surface area contributed by atoms with Crippen molar-refractivity contribution in [3.63, 3.8) is 0 Å². The Bertz CT molecular complexity index is 1160. The number of carbonyl (C=O) groups is 1. The predicted molar refractivity (Wildman–Crippen MR) is 115 cm³/mol. The second-order valence-electron chi connectivity index (χ2n) is 8.00. The maximum atomic E-state index is 12.7. The second kappa shape index (κ2) is 7.65. The lowest BCUT2D eigenvalue weighted by Crippen LogP contribution is -2.44. The van der Waals surface area contributed by atoms with E-state index in [2.05, 4.69) is 4.98 Å². The van der Waals surface area contributed by atoms with Crippen molar-refractivity contribution < 1.29 is 19.4 Å². The third-order valence-electron chi connectivity index (χ3n) is 5.15. The molecule has 0 bridgehead atoms. The van der Waals surface area contributed by atoms with Crippen molar-refractivity contribution in [3.8, 4) is 17.4 Å². The number of Topliss-reactive ketones (excluding diaryl/α,β-unsaturated/α-hetero) is 1. The molecule has 6 nitrogen and oxygen atoms in total. The van der Waals surface area contributed by atoms with Gasteiger partial charge in [0, 0.05) is 6.42 Å². The van der Waals surface area contributed by atoms with Crippen LogP contribution in [0.5, 0.6) is 17.4 Å². The molecule has 0 fully saturated rings. The van der Waals surface area contributed by atoms with Crippen molar-refractivity contribution in [3.05, 3.63) is 73.2 Å². The van der Waals surface area contributed by atoms with E-state index in [1.54, 1.807) is 0 Å². The van der Waals surface area contributed by atoms with Gasteiger partial charge in [0.1, 0.15) is 23.7 Å². The van der Waals surface area contributed by atoms with E-state index in [-0.39, 0.29) is 29.6 Å². The lowest BCUT2D eigenvalue weighted by Gasteiger charge is -2.35. The summed E-state index contributed by atoms with van der Waals surface area (Å²) in [5.74, 6) is 1.27. The Morgan fingerprint density at radius 1 is 1.20 bits per heavy atom. The average molecular weight is 426 g/mol. The van der Waals surface area contributed by atoms with Crippen LogP contribution in [0, 0.1) is 13.8 Å². The van der Waals surface area contributed by atoms with Crippen molar-refractivity contribution in [2.24, 2.45) is 0 Å². The van der Waals surface area contributed by atoms with Crippen LogP contribution >= 0.6 is 11.3 Å². The van der Waals surface area contributed by atoms with Gasteiger partial charge in [0.25, 0.3) is 0 Å². The fourth-order valence-corrected chi connectivity index (χ4v) is 4.53. The Balaban J connectivity index is 1.43. The van der Waals surface area contributed by atoms with Crippen molar-refractivity contribution in [1.29, 1.82) is 0 Å². The molecule has 0 saturated heterocycles. The second-order valence-corrected chi connectivity index (χ2v) is 9.07. The Kier molecular flexibility index (Phi) is 5.15. The Morgan fingerprint density at radius 3 is 2.60 bits per heavy atom. The number of ether oxygens (including phenoxy) is 2. The number of aryl methyl sites for hydroxylation is 2. The van der Waals surface area contributed by atoms with Gasteiger partial charge in [-0.15, -0.1) is 0 Å². The molecule has 2 heterocycles. The number of carbonyl (C=O) groups excluding carboxylic acids is 1. The molecule has 2 aromatic carbocycles. The highest BCUT2D eigenvalue weighted by Crippen LogP contribution is 2.36. The van der Waals surface area contributed by atoms with Gasteiger partial charge in [0.15, 0.2) is 5.78 Å². The minimum atomic E-state index is -0.744. The quantitative estimate of drug-likeness (QED) is 0.641. The van der Waals surface area contributed by atoms with Gasteiger partial charge in [-0.1, -0.05) is 29.5 Å². The molecule has 0 aliphatic carbocycles. The normalized spacial score (nSPS) is 18.0. The van der Waals surface area contributed by atoms with Gasteiger partial charge in [0.2, 0.25) is 5.88 Å². The van der Waals surface area contributed by atoms with Crippen molar-refractivity contribution in [2.45, 2.75) is 39.2 Å². The van der Waals surface area contributed by atoms with Crippen LogP contribution in [0.25, 0.3) is 0 Å². The van der Waals surface area contributed by atoms with Crippen LogP contribution < -0.4 is 14.3 Å². The summed E-state index contributed by atoms with van der Waals surface area (Å²) < 4.78 is 12.1. The Morgan fingerprint density at radius 2 is 1.93 bits per heavy atom. The van der Waals surface area contributed by atoms with Gasteiger partial charge in [-0.2, -0.15) is 0 Å². The molecule has 0 saturated carbocycles. The molecule has 1 atom stereocenters. The van der Waals surface area contributed by atoms with E-state index < -0.39 is 5.60 Å². The van der Waals surface area contributed by atoms with E-state index in [0.717, 1.165) is 28.0 Å². The molecule has 1 aromatic heterocycles. The number of hydrogen-bond acceptors (Lipinski definition) is 6. The fraction of sp³-hybridized carbons (Fsp3) is 0.304. The summed E-state index contributed by atoms with van der Waals surface area (Å²) in [6, 6.07) is 11.3. The number of thiazole rings is 1. The molecular formula is C23H23NO5S. The smallest absolute Gasteiger partial charge is 0.307 e. The zero-order valence-electron chi connectivity index (χ0n) is 17.1. The van der Waals surface area contributed by atoms with E-state index in [1.165, 1.54) is 0 Å². The number of aromatic nitrogens is 1. The standard InChI is InChI=1S/C23H23NO5S/c1-13-8-14(2)20-17(25)11-23(3,29-18(20)9-13)12-28-16-6-4-15(5-7-16)10-19-21(26)24-22(27)30-19/h4-9,26H,10-12H2,1-3H3,(H,24,27). The molecule has 0 spiro atoms. The number of fused-ring (bicyclic) bond motifs is 1. The number of aromatic amines is 1. The first-order valence-corrected chi connectivity index (χ1v) is 10.5. The zero-order chi connectivity index (χ0) is 21.5. The molecule has 4 rings (SSSR count). The molecule has 1 aliphatic rings. The summed E-state index contributed by atoms with van der Waals surface area (Å²) in [6.45, 7) is 6.04. The van der Waals surface area contributed by atoms with Crippen LogP contribution in [0.3, 0.4) is 0 Å². The molecule has 0 amide bonds. The van der Waals surface area contributed by atoms with E-state index in [4.69, 9.17) is 9.47 Å². The SMILES string of the molecule is Cc1cc(C)c2c(c1)OC(C)(COc1ccc(Cc3sc(=O)[nH]c3O)cc1)CC2=O. The fourth-order valence-electron chi connectivity index (χ4n) is 3.77. The summed E-state index contributed by atoms with van der Waals surface area (Å²) in [5.41, 5.74) is 2.86. The maximum absolute atomic E-state index is 12.7. The summed E-state index contributed by atoms with van der Waals surface area (Å²) >= 11 is 0.998. The first-order chi connectivity index (χ1) is 14.2. The monoisotopic (exact) mass is 425 g/mol. The van der Waals surface area contributed by atoms with Crippen LogP contribution in [0.15, 0.2) is 41.2 Å². The van der Waals surface area contributed by atoms with Crippen molar-refractivity contribution >= 4 is 17.1 Å². The van der Waals surface area contributed by atoms with Crippen LogP contribution in [0.1, 0.15) is 45.3 Å². The summed E-state index contributed by atoms with van der Waals surface area (Å²) in [7, 11) is 0. The highest BCUT2D eigenvalue weighted by molar-refractivity contribution is 7.09. The lowest BCUT2D eigenvalue weighted by molar-refractivity contribution is 0.0188. The predicted octanol–water partition coefficient (Wildman–Crippen LogP) is 4.15. The molecular weight excluding hydrogens is 402 g/mol. The van der Waals surface area contributed by atoms with Crippen molar-refractivity contribution in [2.75, 3.05) is 6.61 Å². The first kappa shape index (κ1) is 20.2. The molecule has 0 radical (unpaired) electrons. The summed E-state index contributed by atoms with van der Waals surface area (Å²) in [6.07, 6.45) is 0.716. The third-order valence-corrected chi connectivity index (χ3v) is 6.02. The number of nitrogens with one attached hydrogen (secondary N) is 1. The first-order valence-electron chi connectivity index (χ1n) is 9.68. The highest BCUT2D eigenvalue weighted by atomic mass is 32.1. The van der Waals surface area contributed by atoms with Crippen LogP contribution in [0.4, 0.5) is 0 Å². The number of ketones is 1. The van der Waals surface area contributed by atoms with E-state index >= 15 is 0 Å². The van der Waals surface area contributed by atoms with Crippen molar-refractivity contribution in [1.82, 2.24) is 4.98 Å². The molecule has 3 aromatic rings. The number of rotatable bonds is 5. The average Bonchev–Trinajstić information content (AvgIpc) is 2.97. The highest BCUT2D eigenvalue weighted by Gasteiger charge is 2.38. The van der Waals surface area contributed by atoms with Crippen LogP contribution in [0.2, 0.25) is 0 Å². The largest absolute Gasteiger partial charge is 0.494 e. The van der Waals surface area contributed by atoms with E-state index in [9.17, 15) is 14.7 Å². The van der Waals surface area contributed by atoms with Gasteiger partial charge in [-0.05, 0) is 55.7 Å². The summed E-state index contributed by atoms with van der Waals surface area (Å²) in [5, 5.41) is 9.72. The molecule has 30 heavy (non-hydrogen) atoms. The topological polar surface area (TPSA) is 88.6 Å². The van der Waals surface area contributed by atoms with Crippen LogP contribution in [-0.2, 0) is 6.42 Å². The molecule has 1 unspecified atom stereocenters. The Hall–Kier alpha value is -3.06. The van der Waals surface area contributed by atoms with Gasteiger partial charge in [-0.3, -0.25) is 14.6 Å². The minimum absolute atomic E-state index is 0.0699. The van der Waals surface area contributed by atoms with E-state index in [1.807, 2.05) is 57.2 Å². The van der Waals surface area contributed by atoms with Gasteiger partial charge < -0.3 is 14.6 Å². The maximum Gasteiger partial charge on any atom is 0.307 e. The van der Waals surface area contributed by atoms with Gasteiger partial charge >= 0.3 is 4.87 Å². The summed E-state index contributed by atoms with van der Waals surface area (Å²) in [4.78, 5) is 26.7. The molecule has 156 valence electrons. The number of hydrogen-bond donors (Lipinski definition) is 2. The third kappa shape index (κ3) is 4.11. The van der Waals surface area contributed by atoms with Gasteiger partial charge in [0.05, 0.1) is 16.9 Å². The molecule has 2 N–H and O–H groups in total. The molecule has 7 heteroatoms. The van der Waals surface area contributed by atoms with Crippen LogP contribution in [-0.4, -0.2) is 28.1 Å². The lowest BCUT2D eigenvalue weighted by atomic mass is 9.89. The number of aromatic hydroxyl groups is 1. The van der Waals surface area contributed by atoms with E-state index in [0.29, 0.717) is 28.4 Å². The zero-order valence-corrected chi connectivity index (χ0v) is 17.9. The molecule has 1 aliphatic heterocycles. The number of benzene rings is 2. The number of H-pyrrole nitrogens is 1. The minimum Gasteiger partial charge on any atom is -0.494 e.